The van der Waals surface area contributed by atoms with E-state index in [1.165, 1.54) is 15.8 Å². The molecule has 0 aliphatic carbocycles. The van der Waals surface area contributed by atoms with Gasteiger partial charge in [0.1, 0.15) is 24.4 Å². The molecule has 2 aromatic carbocycles. The van der Waals surface area contributed by atoms with Crippen LogP contribution in [0.2, 0.25) is 5.04 Å². The fourth-order valence-corrected chi connectivity index (χ4v) is 11.7. The number of ether oxygens (including phenoxy) is 4. The lowest BCUT2D eigenvalue weighted by atomic mass is 10.1. The Bertz CT molecular complexity index is 1680. The van der Waals surface area contributed by atoms with E-state index in [0.717, 1.165) is 10.4 Å². The molecular weight excluding hydrogens is 634 g/mol. The zero-order valence-corrected chi connectivity index (χ0v) is 29.5. The smallest absolute Gasteiger partial charge is 0.330 e. The van der Waals surface area contributed by atoms with Gasteiger partial charge in [0.2, 0.25) is 0 Å². The maximum Gasteiger partial charge on any atom is 0.330 e. The summed E-state index contributed by atoms with van der Waals surface area (Å²) in [7, 11) is -2.93. The number of benzene rings is 2. The number of aromatic amines is 1. The Hall–Kier alpha value is -3.43. The van der Waals surface area contributed by atoms with Gasteiger partial charge in [-0.3, -0.25) is 24.0 Å². The predicted octanol–water partition coefficient (Wildman–Crippen LogP) is 2.73. The van der Waals surface area contributed by atoms with Crippen molar-refractivity contribution in [3.63, 3.8) is 0 Å². The Labute approximate surface area is 280 Å². The molecule has 3 fully saturated rings. The molecule has 3 aromatic rings. The number of carbonyl (C=O) groups excluding carboxylic acids is 1. The number of H-pyrrole nitrogens is 1. The van der Waals surface area contributed by atoms with E-state index >= 15 is 0 Å². The maximum absolute atomic E-state index is 13.3. The average Bonchev–Trinajstić information content (AvgIpc) is 3.71. The molecule has 48 heavy (non-hydrogen) atoms. The van der Waals surface area contributed by atoms with Gasteiger partial charge >= 0.3 is 11.7 Å². The molecule has 0 saturated carbocycles. The van der Waals surface area contributed by atoms with Gasteiger partial charge in [0.05, 0.1) is 13.2 Å². The summed E-state index contributed by atoms with van der Waals surface area (Å²) < 4.78 is 33.5. The Morgan fingerprint density at radius 2 is 1.60 bits per heavy atom. The molecule has 0 radical (unpaired) electrons. The Kier molecular flexibility index (Phi) is 9.41. The number of hydrogen-bond donors (Lipinski definition) is 1. The van der Waals surface area contributed by atoms with Crippen molar-refractivity contribution in [1.82, 2.24) is 14.6 Å². The summed E-state index contributed by atoms with van der Waals surface area (Å²) in [6.45, 7) is 14.0. The summed E-state index contributed by atoms with van der Waals surface area (Å²) in [5, 5.41) is 3.43. The van der Waals surface area contributed by atoms with Crippen molar-refractivity contribution >= 4 is 24.7 Å². The lowest BCUT2D eigenvalue weighted by molar-refractivity contribution is -0.293. The molecule has 6 atom stereocenters. The van der Waals surface area contributed by atoms with Crippen molar-refractivity contribution in [1.29, 1.82) is 0 Å². The number of hydroxylamine groups is 2. The first-order valence-electron chi connectivity index (χ1n) is 16.5. The first-order valence-corrected chi connectivity index (χ1v) is 18.4. The minimum atomic E-state index is -2.93. The van der Waals surface area contributed by atoms with Crippen LogP contribution < -0.4 is 21.6 Å². The molecular formula is C35H45N3O9Si. The maximum atomic E-state index is 13.3. The first-order chi connectivity index (χ1) is 22.8. The van der Waals surface area contributed by atoms with Gasteiger partial charge in [-0.25, -0.2) is 4.79 Å². The van der Waals surface area contributed by atoms with Gasteiger partial charge in [-0.1, -0.05) is 81.4 Å². The van der Waals surface area contributed by atoms with Gasteiger partial charge < -0.3 is 23.4 Å². The van der Waals surface area contributed by atoms with Crippen molar-refractivity contribution in [3.05, 3.63) is 93.3 Å². The molecule has 0 bridgehead atoms. The largest absolute Gasteiger partial charge is 0.465 e. The fourth-order valence-electron chi connectivity index (χ4n) is 7.16. The number of aryl methyl sites for hydroxylation is 1. The van der Waals surface area contributed by atoms with Crippen molar-refractivity contribution in [3.8, 4) is 0 Å². The number of esters is 1. The highest BCUT2D eigenvalue weighted by Gasteiger charge is 2.61. The summed E-state index contributed by atoms with van der Waals surface area (Å²) in [6.07, 6.45) is -2.10. The standard InChI is InChI=1S/C35H45N3O9Si/c1-8-42-32(40)25-19-27(37-20-22(2)30(39)36-33(37)41)47-38(25)31-29-28(45-35(6,7)46-29)26(44-31)21-43-48(34(3,4)5,23-15-11-9-12-16-23)24-17-13-10-14-18-24/h9-18,20,25-29,31H,8,19,21H2,1-7H3,(H,36,39,41)/t25-,26-,27+,28-,29-,31-/m1/s1. The van der Waals surface area contributed by atoms with Crippen molar-refractivity contribution in [2.45, 2.75) is 103 Å². The average molecular weight is 680 g/mol. The van der Waals surface area contributed by atoms with E-state index in [2.05, 4.69) is 50.0 Å². The monoisotopic (exact) mass is 679 g/mol. The van der Waals surface area contributed by atoms with Crippen LogP contribution in [0.25, 0.3) is 0 Å². The Morgan fingerprint density at radius 3 is 2.19 bits per heavy atom. The van der Waals surface area contributed by atoms with Gasteiger partial charge in [0.25, 0.3) is 13.9 Å². The van der Waals surface area contributed by atoms with Crippen molar-refractivity contribution < 1.29 is 33.0 Å². The van der Waals surface area contributed by atoms with E-state index < -0.39 is 68.1 Å². The molecule has 4 heterocycles. The van der Waals surface area contributed by atoms with Gasteiger partial charge in [0.15, 0.2) is 18.2 Å². The summed E-state index contributed by atoms with van der Waals surface area (Å²) in [6, 6.07) is 19.8. The third-order valence-electron chi connectivity index (χ3n) is 9.25. The molecule has 3 aliphatic heterocycles. The van der Waals surface area contributed by atoms with Crippen LogP contribution in [0.4, 0.5) is 0 Å². The molecule has 0 spiro atoms. The number of hydrogen-bond acceptors (Lipinski definition) is 10. The molecule has 6 rings (SSSR count). The summed E-state index contributed by atoms with van der Waals surface area (Å²) in [5.41, 5.74) is -0.808. The summed E-state index contributed by atoms with van der Waals surface area (Å²) in [4.78, 5) is 46.9. The van der Waals surface area contributed by atoms with Gasteiger partial charge in [-0.05, 0) is 43.1 Å². The topological polar surface area (TPSA) is 131 Å². The van der Waals surface area contributed by atoms with Crippen LogP contribution in [-0.4, -0.2) is 78.5 Å². The van der Waals surface area contributed by atoms with E-state index in [1.807, 2.05) is 50.2 Å². The second-order valence-electron chi connectivity index (χ2n) is 14.0. The molecule has 1 N–H and O–H groups in total. The van der Waals surface area contributed by atoms with Crippen LogP contribution in [0.15, 0.2) is 76.4 Å². The summed E-state index contributed by atoms with van der Waals surface area (Å²) in [5.74, 6) is -1.47. The van der Waals surface area contributed by atoms with Gasteiger partial charge in [0, 0.05) is 18.2 Å². The van der Waals surface area contributed by atoms with E-state index in [-0.39, 0.29) is 24.7 Å². The molecule has 0 unspecified atom stereocenters. The molecule has 3 aliphatic rings. The molecule has 0 amide bonds. The second-order valence-corrected chi connectivity index (χ2v) is 18.3. The number of nitrogens with one attached hydrogen (secondary N) is 1. The van der Waals surface area contributed by atoms with Crippen molar-refractivity contribution in [2.75, 3.05) is 13.2 Å². The Morgan fingerprint density at radius 1 is 1.00 bits per heavy atom. The van der Waals surface area contributed by atoms with Crippen LogP contribution in [0.3, 0.4) is 0 Å². The molecule has 1 aromatic heterocycles. The SMILES string of the molecule is CCOC(=O)[C@H]1C[C@@H](n2cc(C)c(=O)[nH]c2=O)ON1[C@@H]1O[C@H](CO[Si](c2ccccc2)(c2ccccc2)C(C)(C)C)[C@H]2OC(C)(C)O[C@H]21. The highest BCUT2D eigenvalue weighted by atomic mass is 28.4. The predicted molar refractivity (Wildman–Crippen MR) is 179 cm³/mol. The molecule has 258 valence electrons. The molecule has 12 nitrogen and oxygen atoms in total. The number of nitrogens with zero attached hydrogens (tertiary/aromatic N) is 2. The summed E-state index contributed by atoms with van der Waals surface area (Å²) >= 11 is 0. The minimum absolute atomic E-state index is 0.0783. The number of carbonyl (C=O) groups is 1. The molecule has 13 heteroatoms. The fraction of sp³-hybridized carbons (Fsp3) is 0.514. The highest BCUT2D eigenvalue weighted by Crippen LogP contribution is 2.44. The normalized spacial score (nSPS) is 27.2. The lowest BCUT2D eigenvalue weighted by Crippen LogP contribution is -2.67. The van der Waals surface area contributed by atoms with Crippen LogP contribution in [0.1, 0.15) is 59.8 Å². The van der Waals surface area contributed by atoms with Crippen molar-refractivity contribution in [2.24, 2.45) is 0 Å². The third kappa shape index (κ3) is 6.24. The second kappa shape index (κ2) is 13.1. The van der Waals surface area contributed by atoms with E-state index in [0.29, 0.717) is 5.56 Å². The minimum Gasteiger partial charge on any atom is -0.465 e. The Balaban J connectivity index is 1.35. The van der Waals surface area contributed by atoms with Gasteiger partial charge in [-0.2, -0.15) is 0 Å². The quantitative estimate of drug-likeness (QED) is 0.266. The lowest BCUT2D eigenvalue weighted by Gasteiger charge is -2.43. The van der Waals surface area contributed by atoms with Crippen LogP contribution in [0.5, 0.6) is 0 Å². The van der Waals surface area contributed by atoms with Crippen LogP contribution in [0, 0.1) is 6.92 Å². The number of rotatable bonds is 9. The number of fused-ring (bicyclic) bond motifs is 1. The first kappa shape index (κ1) is 34.4. The number of aromatic nitrogens is 2. The van der Waals surface area contributed by atoms with Crippen LogP contribution >= 0.6 is 0 Å². The molecule has 3 saturated heterocycles. The highest BCUT2D eigenvalue weighted by molar-refractivity contribution is 6.99. The van der Waals surface area contributed by atoms with E-state index in [4.69, 9.17) is 28.2 Å². The van der Waals surface area contributed by atoms with Crippen LogP contribution in [-0.2, 0) is 33.0 Å². The van der Waals surface area contributed by atoms with E-state index in [1.54, 1.807) is 13.8 Å². The third-order valence-corrected chi connectivity index (χ3v) is 14.3. The van der Waals surface area contributed by atoms with Gasteiger partial charge in [-0.15, -0.1) is 5.06 Å². The zero-order valence-electron chi connectivity index (χ0n) is 28.5. The van der Waals surface area contributed by atoms with E-state index in [9.17, 15) is 14.4 Å². The zero-order chi connectivity index (χ0) is 34.4.